The van der Waals surface area contributed by atoms with Crippen LogP contribution in [-0.4, -0.2) is 65.5 Å². The standard InChI is InChI=1S/C19H25N3O4/c1-13(23)14-6-5-7-15(10-14)22-12-16-11-20(8-9-21(16)17(22)24)18(25)26-19(2,3)4/h5-7,10,16H,8-9,11-12H2,1-4H3. The number of ether oxygens (including phenoxy) is 1. The number of anilines is 1. The van der Waals surface area contributed by atoms with Gasteiger partial charge in [-0.05, 0) is 39.8 Å². The minimum atomic E-state index is -0.543. The largest absolute Gasteiger partial charge is 0.444 e. The molecular formula is C19H25N3O4. The first-order valence-electron chi connectivity index (χ1n) is 8.83. The molecule has 0 radical (unpaired) electrons. The molecule has 140 valence electrons. The van der Waals surface area contributed by atoms with Crippen LogP contribution in [0.2, 0.25) is 0 Å². The molecule has 1 aromatic carbocycles. The lowest BCUT2D eigenvalue weighted by molar-refractivity contribution is 0.0128. The number of nitrogens with zero attached hydrogens (tertiary/aromatic N) is 3. The van der Waals surface area contributed by atoms with Crippen molar-refractivity contribution in [2.75, 3.05) is 31.1 Å². The topological polar surface area (TPSA) is 70.2 Å². The first kappa shape index (κ1) is 18.2. The Morgan fingerprint density at radius 3 is 2.54 bits per heavy atom. The van der Waals surface area contributed by atoms with Gasteiger partial charge in [0.05, 0.1) is 6.04 Å². The lowest BCUT2D eigenvalue weighted by atomic mass is 10.1. The molecule has 0 aliphatic carbocycles. The minimum absolute atomic E-state index is 0.0349. The van der Waals surface area contributed by atoms with Crippen LogP contribution in [0.4, 0.5) is 15.3 Å². The Balaban J connectivity index is 1.73. The van der Waals surface area contributed by atoms with Crippen LogP contribution in [0.3, 0.4) is 0 Å². The van der Waals surface area contributed by atoms with Gasteiger partial charge in [-0.1, -0.05) is 12.1 Å². The van der Waals surface area contributed by atoms with Gasteiger partial charge in [0, 0.05) is 37.4 Å². The fourth-order valence-corrected chi connectivity index (χ4v) is 3.31. The van der Waals surface area contributed by atoms with Gasteiger partial charge in [-0.15, -0.1) is 0 Å². The summed E-state index contributed by atoms with van der Waals surface area (Å²) in [5, 5.41) is 0. The summed E-state index contributed by atoms with van der Waals surface area (Å²) in [4.78, 5) is 41.8. The highest BCUT2D eigenvalue weighted by molar-refractivity contribution is 5.98. The summed E-state index contributed by atoms with van der Waals surface area (Å²) in [6.45, 7) is 8.89. The molecule has 1 unspecified atom stereocenters. The highest BCUT2D eigenvalue weighted by atomic mass is 16.6. The third-order valence-electron chi connectivity index (χ3n) is 4.57. The second-order valence-corrected chi connectivity index (χ2v) is 7.77. The zero-order valence-electron chi connectivity index (χ0n) is 15.7. The van der Waals surface area contributed by atoms with Crippen LogP contribution in [0.15, 0.2) is 24.3 Å². The molecule has 2 saturated heterocycles. The van der Waals surface area contributed by atoms with Crippen molar-refractivity contribution in [3.63, 3.8) is 0 Å². The zero-order valence-corrected chi connectivity index (χ0v) is 15.7. The molecule has 1 atom stereocenters. The minimum Gasteiger partial charge on any atom is -0.444 e. The van der Waals surface area contributed by atoms with Crippen LogP contribution in [0, 0.1) is 0 Å². The molecule has 7 nitrogen and oxygen atoms in total. The normalized spacial score (nSPS) is 20.2. The molecule has 0 N–H and O–H groups in total. The number of carbonyl (C=O) groups is 3. The van der Waals surface area contributed by atoms with Gasteiger partial charge in [0.25, 0.3) is 0 Å². The van der Waals surface area contributed by atoms with E-state index in [4.69, 9.17) is 4.74 Å². The number of carbonyl (C=O) groups excluding carboxylic acids is 3. The molecule has 1 aromatic rings. The van der Waals surface area contributed by atoms with E-state index in [1.54, 1.807) is 32.9 Å². The number of hydrogen-bond donors (Lipinski definition) is 0. The number of ketones is 1. The number of rotatable bonds is 2. The molecule has 7 heteroatoms. The summed E-state index contributed by atoms with van der Waals surface area (Å²) in [5.74, 6) is -0.0349. The SMILES string of the molecule is CC(=O)c1cccc(N2CC3CN(C(=O)OC(C)(C)C)CCN3C2=O)c1. The summed E-state index contributed by atoms with van der Waals surface area (Å²) in [6.07, 6.45) is -0.346. The van der Waals surface area contributed by atoms with Crippen molar-refractivity contribution in [1.29, 1.82) is 0 Å². The number of piperazine rings is 1. The van der Waals surface area contributed by atoms with E-state index in [0.29, 0.717) is 37.4 Å². The number of hydrogen-bond acceptors (Lipinski definition) is 4. The Labute approximate surface area is 153 Å². The molecule has 0 saturated carbocycles. The second kappa shape index (κ2) is 6.63. The Bertz CT molecular complexity index is 741. The molecule has 2 aliphatic rings. The summed E-state index contributed by atoms with van der Waals surface area (Å²) in [6, 6.07) is 6.93. The monoisotopic (exact) mass is 359 g/mol. The summed E-state index contributed by atoms with van der Waals surface area (Å²) in [7, 11) is 0. The fraction of sp³-hybridized carbons (Fsp3) is 0.526. The van der Waals surface area contributed by atoms with Gasteiger partial charge in [0.15, 0.2) is 5.78 Å². The molecule has 26 heavy (non-hydrogen) atoms. The van der Waals surface area contributed by atoms with Gasteiger partial charge in [0.1, 0.15) is 5.60 Å². The van der Waals surface area contributed by atoms with E-state index in [2.05, 4.69) is 0 Å². The van der Waals surface area contributed by atoms with Gasteiger partial charge in [0.2, 0.25) is 0 Å². The van der Waals surface area contributed by atoms with Crippen LogP contribution in [0.5, 0.6) is 0 Å². The van der Waals surface area contributed by atoms with E-state index >= 15 is 0 Å². The van der Waals surface area contributed by atoms with E-state index in [9.17, 15) is 14.4 Å². The lowest BCUT2D eigenvalue weighted by Gasteiger charge is -2.36. The van der Waals surface area contributed by atoms with E-state index in [-0.39, 0.29) is 23.9 Å². The van der Waals surface area contributed by atoms with E-state index in [1.165, 1.54) is 6.92 Å². The second-order valence-electron chi connectivity index (χ2n) is 7.77. The molecule has 2 fully saturated rings. The molecule has 0 bridgehead atoms. The summed E-state index contributed by atoms with van der Waals surface area (Å²) < 4.78 is 5.44. The molecule has 3 rings (SSSR count). The third-order valence-corrected chi connectivity index (χ3v) is 4.57. The molecule has 0 aromatic heterocycles. The smallest absolute Gasteiger partial charge is 0.410 e. The highest BCUT2D eigenvalue weighted by Crippen LogP contribution is 2.27. The van der Waals surface area contributed by atoms with Crippen LogP contribution in [0.1, 0.15) is 38.1 Å². The van der Waals surface area contributed by atoms with Crippen molar-refractivity contribution >= 4 is 23.6 Å². The van der Waals surface area contributed by atoms with Gasteiger partial charge in [-0.25, -0.2) is 9.59 Å². The maximum atomic E-state index is 12.8. The van der Waals surface area contributed by atoms with Gasteiger partial charge in [-0.2, -0.15) is 0 Å². The van der Waals surface area contributed by atoms with Gasteiger partial charge in [-0.3, -0.25) is 9.69 Å². The molecular weight excluding hydrogens is 334 g/mol. The summed E-state index contributed by atoms with van der Waals surface area (Å²) in [5.41, 5.74) is 0.746. The molecule has 0 spiro atoms. The van der Waals surface area contributed by atoms with E-state index < -0.39 is 5.60 Å². The van der Waals surface area contributed by atoms with Crippen molar-refractivity contribution in [1.82, 2.24) is 9.80 Å². The predicted molar refractivity (Wildman–Crippen MR) is 97.5 cm³/mol. The fourth-order valence-electron chi connectivity index (χ4n) is 3.31. The first-order valence-corrected chi connectivity index (χ1v) is 8.83. The van der Waals surface area contributed by atoms with Crippen LogP contribution in [0.25, 0.3) is 0 Å². The Morgan fingerprint density at radius 1 is 1.15 bits per heavy atom. The average Bonchev–Trinajstić information content (AvgIpc) is 2.90. The maximum absolute atomic E-state index is 12.8. The third kappa shape index (κ3) is 3.66. The number of Topliss-reactive ketones (excluding diaryl/α,β-unsaturated/α-hetero) is 1. The molecule has 3 amide bonds. The number of amides is 3. The quantitative estimate of drug-likeness (QED) is 0.762. The lowest BCUT2D eigenvalue weighted by Crippen LogP contribution is -2.54. The number of benzene rings is 1. The summed E-state index contributed by atoms with van der Waals surface area (Å²) >= 11 is 0. The number of fused-ring (bicyclic) bond motifs is 1. The van der Waals surface area contributed by atoms with Crippen molar-refractivity contribution in [2.24, 2.45) is 0 Å². The van der Waals surface area contributed by atoms with Crippen molar-refractivity contribution in [3.8, 4) is 0 Å². The molecule has 2 heterocycles. The zero-order chi connectivity index (χ0) is 19.1. The number of urea groups is 1. The average molecular weight is 359 g/mol. The van der Waals surface area contributed by atoms with Gasteiger partial charge < -0.3 is 14.5 Å². The predicted octanol–water partition coefficient (Wildman–Crippen LogP) is 2.75. The van der Waals surface area contributed by atoms with Crippen LogP contribution < -0.4 is 4.90 Å². The van der Waals surface area contributed by atoms with Crippen LogP contribution in [-0.2, 0) is 4.74 Å². The first-order chi connectivity index (χ1) is 12.2. The Morgan fingerprint density at radius 2 is 1.88 bits per heavy atom. The Kier molecular flexibility index (Phi) is 4.64. The van der Waals surface area contributed by atoms with Gasteiger partial charge >= 0.3 is 12.1 Å². The molecule has 2 aliphatic heterocycles. The van der Waals surface area contributed by atoms with E-state index in [1.807, 2.05) is 26.8 Å². The van der Waals surface area contributed by atoms with Crippen molar-refractivity contribution < 1.29 is 19.1 Å². The van der Waals surface area contributed by atoms with E-state index in [0.717, 1.165) is 0 Å². The Hall–Kier alpha value is -2.57. The highest BCUT2D eigenvalue weighted by Gasteiger charge is 2.42. The maximum Gasteiger partial charge on any atom is 0.410 e. The van der Waals surface area contributed by atoms with Crippen molar-refractivity contribution in [3.05, 3.63) is 29.8 Å². The van der Waals surface area contributed by atoms with Crippen molar-refractivity contribution in [2.45, 2.75) is 39.3 Å². The van der Waals surface area contributed by atoms with Crippen LogP contribution >= 0.6 is 0 Å².